The van der Waals surface area contributed by atoms with Crippen molar-refractivity contribution in [1.29, 1.82) is 0 Å². The molecule has 0 aliphatic rings. The summed E-state index contributed by atoms with van der Waals surface area (Å²) in [6.07, 6.45) is 5.26. The van der Waals surface area contributed by atoms with Gasteiger partial charge in [-0.15, -0.1) is 6.42 Å². The molecule has 0 aromatic heterocycles. The Bertz CT molecular complexity index is 926. The number of aryl methyl sites for hydroxylation is 1. The summed E-state index contributed by atoms with van der Waals surface area (Å²) < 4.78 is 27.1. The van der Waals surface area contributed by atoms with Crippen LogP contribution in [0.15, 0.2) is 41.3 Å². The summed E-state index contributed by atoms with van der Waals surface area (Å²) in [6.45, 7) is 1.53. The molecule has 2 aromatic rings. The lowest BCUT2D eigenvalue weighted by atomic mass is 10.1. The maximum atomic E-state index is 12.4. The Morgan fingerprint density at radius 3 is 2.57 bits per heavy atom. The highest BCUT2D eigenvalue weighted by molar-refractivity contribution is 7.92. The standard InChI is InChI=1S/C16H13NO5S/c1-3-11-5-4-6-12(9-11)17-23(21,22)14-8-10(2)7-13(15(14)18)16(19)20/h1,4-9,17-18H,2H3,(H,19,20). The maximum Gasteiger partial charge on any atom is 0.339 e. The average Bonchev–Trinajstić information content (AvgIpc) is 2.48. The molecule has 0 saturated carbocycles. The predicted octanol–water partition coefficient (Wildman–Crippen LogP) is 2.18. The molecular formula is C16H13NO5S. The van der Waals surface area contributed by atoms with Crippen molar-refractivity contribution in [3.63, 3.8) is 0 Å². The Morgan fingerprint density at radius 2 is 1.96 bits per heavy atom. The van der Waals surface area contributed by atoms with Crippen LogP contribution in [0.2, 0.25) is 0 Å². The molecule has 0 heterocycles. The van der Waals surface area contributed by atoms with Crippen LogP contribution >= 0.6 is 0 Å². The number of hydrogen-bond acceptors (Lipinski definition) is 4. The van der Waals surface area contributed by atoms with E-state index in [1.807, 2.05) is 0 Å². The van der Waals surface area contributed by atoms with E-state index in [9.17, 15) is 18.3 Å². The fourth-order valence-corrected chi connectivity index (χ4v) is 3.25. The minimum atomic E-state index is -4.18. The van der Waals surface area contributed by atoms with Gasteiger partial charge < -0.3 is 10.2 Å². The number of hydrogen-bond donors (Lipinski definition) is 3. The second-order valence-electron chi connectivity index (χ2n) is 4.80. The summed E-state index contributed by atoms with van der Waals surface area (Å²) in [6, 6.07) is 8.52. The molecule has 0 aliphatic carbocycles. The zero-order valence-corrected chi connectivity index (χ0v) is 12.9. The lowest BCUT2D eigenvalue weighted by Crippen LogP contribution is -2.14. The van der Waals surface area contributed by atoms with Gasteiger partial charge in [-0.05, 0) is 42.8 Å². The summed E-state index contributed by atoms with van der Waals surface area (Å²) in [5, 5.41) is 19.0. The van der Waals surface area contributed by atoms with E-state index in [-0.39, 0.29) is 5.69 Å². The highest BCUT2D eigenvalue weighted by atomic mass is 32.2. The van der Waals surface area contributed by atoms with Crippen LogP contribution in [-0.2, 0) is 10.0 Å². The number of carboxylic acids is 1. The second-order valence-corrected chi connectivity index (χ2v) is 6.45. The van der Waals surface area contributed by atoms with E-state index in [0.29, 0.717) is 11.1 Å². The highest BCUT2D eigenvalue weighted by Crippen LogP contribution is 2.30. The predicted molar refractivity (Wildman–Crippen MR) is 85.0 cm³/mol. The maximum absolute atomic E-state index is 12.4. The van der Waals surface area contributed by atoms with Gasteiger partial charge in [0.15, 0.2) is 5.75 Å². The molecule has 118 valence electrons. The molecule has 0 amide bonds. The molecular weight excluding hydrogens is 318 g/mol. The van der Waals surface area contributed by atoms with Gasteiger partial charge in [-0.2, -0.15) is 0 Å². The molecule has 0 atom stereocenters. The smallest absolute Gasteiger partial charge is 0.339 e. The molecule has 0 fully saturated rings. The van der Waals surface area contributed by atoms with Gasteiger partial charge in [0.25, 0.3) is 10.0 Å². The molecule has 0 bridgehead atoms. The molecule has 3 N–H and O–H groups in total. The van der Waals surface area contributed by atoms with Gasteiger partial charge >= 0.3 is 5.97 Å². The molecule has 0 radical (unpaired) electrons. The largest absolute Gasteiger partial charge is 0.506 e. The first kappa shape index (κ1) is 16.4. The number of terminal acetylenes is 1. The number of carboxylic acid groups (broad SMARTS) is 1. The van der Waals surface area contributed by atoms with E-state index in [1.54, 1.807) is 12.1 Å². The van der Waals surface area contributed by atoms with Crippen molar-refractivity contribution in [3.05, 3.63) is 53.1 Å². The van der Waals surface area contributed by atoms with Gasteiger partial charge in [0.05, 0.1) is 5.69 Å². The molecule has 0 spiro atoms. The summed E-state index contributed by atoms with van der Waals surface area (Å²) in [7, 11) is -4.18. The topological polar surface area (TPSA) is 104 Å². The quantitative estimate of drug-likeness (QED) is 0.745. The van der Waals surface area contributed by atoms with Crippen molar-refractivity contribution >= 4 is 21.7 Å². The minimum absolute atomic E-state index is 0.207. The summed E-state index contributed by atoms with van der Waals surface area (Å²) in [4.78, 5) is 10.6. The van der Waals surface area contributed by atoms with Crippen LogP contribution in [0.3, 0.4) is 0 Å². The first-order chi connectivity index (χ1) is 10.7. The number of carbonyl (C=O) groups is 1. The molecule has 0 aliphatic heterocycles. The van der Waals surface area contributed by atoms with Crippen molar-refractivity contribution in [2.24, 2.45) is 0 Å². The van der Waals surface area contributed by atoms with E-state index in [2.05, 4.69) is 10.6 Å². The number of anilines is 1. The molecule has 0 saturated heterocycles. The number of rotatable bonds is 4. The van der Waals surface area contributed by atoms with E-state index in [1.165, 1.54) is 31.2 Å². The minimum Gasteiger partial charge on any atom is -0.506 e. The van der Waals surface area contributed by atoms with Gasteiger partial charge in [0, 0.05) is 5.56 Å². The Kier molecular flexibility index (Phi) is 4.29. The Morgan fingerprint density at radius 1 is 1.26 bits per heavy atom. The molecule has 0 unspecified atom stereocenters. The van der Waals surface area contributed by atoms with Crippen LogP contribution in [0.1, 0.15) is 21.5 Å². The number of sulfonamides is 1. The molecule has 2 aromatic carbocycles. The first-order valence-electron chi connectivity index (χ1n) is 6.41. The Balaban J connectivity index is 2.52. The van der Waals surface area contributed by atoms with Gasteiger partial charge in [-0.25, -0.2) is 13.2 Å². The van der Waals surface area contributed by atoms with Crippen molar-refractivity contribution in [1.82, 2.24) is 0 Å². The van der Waals surface area contributed by atoms with Crippen molar-refractivity contribution in [2.45, 2.75) is 11.8 Å². The number of benzene rings is 2. The third-order valence-electron chi connectivity index (χ3n) is 3.02. The highest BCUT2D eigenvalue weighted by Gasteiger charge is 2.24. The van der Waals surface area contributed by atoms with Gasteiger partial charge in [0.2, 0.25) is 0 Å². The Hall–Kier alpha value is -2.98. The SMILES string of the molecule is C#Cc1cccc(NS(=O)(=O)c2cc(C)cc(C(=O)O)c2O)c1. The monoisotopic (exact) mass is 331 g/mol. The molecule has 2 rings (SSSR count). The lowest BCUT2D eigenvalue weighted by Gasteiger charge is -2.12. The fourth-order valence-electron chi connectivity index (χ4n) is 2.00. The van der Waals surface area contributed by atoms with Crippen LogP contribution in [0.25, 0.3) is 0 Å². The van der Waals surface area contributed by atoms with Gasteiger partial charge in [-0.1, -0.05) is 12.0 Å². The van der Waals surface area contributed by atoms with Crippen LogP contribution in [-0.4, -0.2) is 24.6 Å². The molecule has 6 nitrogen and oxygen atoms in total. The molecule has 23 heavy (non-hydrogen) atoms. The van der Waals surface area contributed by atoms with Crippen molar-refractivity contribution in [3.8, 4) is 18.1 Å². The summed E-state index contributed by atoms with van der Waals surface area (Å²) in [5.74, 6) is 0.140. The van der Waals surface area contributed by atoms with E-state index in [0.717, 1.165) is 0 Å². The van der Waals surface area contributed by atoms with Gasteiger partial charge in [0.1, 0.15) is 10.5 Å². The van der Waals surface area contributed by atoms with Gasteiger partial charge in [-0.3, -0.25) is 4.72 Å². The number of phenols is 1. The average molecular weight is 331 g/mol. The first-order valence-corrected chi connectivity index (χ1v) is 7.89. The lowest BCUT2D eigenvalue weighted by molar-refractivity contribution is 0.0693. The normalized spacial score (nSPS) is 10.8. The fraction of sp³-hybridized carbons (Fsp3) is 0.0625. The third-order valence-corrected chi connectivity index (χ3v) is 4.42. The van der Waals surface area contributed by atoms with E-state index < -0.39 is 32.2 Å². The van der Waals surface area contributed by atoms with Crippen molar-refractivity contribution in [2.75, 3.05) is 4.72 Å². The number of aromatic carboxylic acids is 1. The molecule has 7 heteroatoms. The Labute approximate surface area is 133 Å². The van der Waals surface area contributed by atoms with Crippen LogP contribution < -0.4 is 4.72 Å². The van der Waals surface area contributed by atoms with Crippen LogP contribution in [0.4, 0.5) is 5.69 Å². The second kappa shape index (κ2) is 6.02. The van der Waals surface area contributed by atoms with Crippen LogP contribution in [0, 0.1) is 19.3 Å². The zero-order valence-electron chi connectivity index (χ0n) is 12.1. The number of aromatic hydroxyl groups is 1. The summed E-state index contributed by atoms with van der Waals surface area (Å²) in [5.41, 5.74) is 0.587. The summed E-state index contributed by atoms with van der Waals surface area (Å²) >= 11 is 0. The third kappa shape index (κ3) is 3.44. The zero-order chi connectivity index (χ0) is 17.2. The van der Waals surface area contributed by atoms with Crippen molar-refractivity contribution < 1.29 is 23.4 Å². The number of nitrogens with one attached hydrogen (secondary N) is 1. The van der Waals surface area contributed by atoms with E-state index >= 15 is 0 Å². The van der Waals surface area contributed by atoms with Crippen LogP contribution in [0.5, 0.6) is 5.75 Å². The van der Waals surface area contributed by atoms with E-state index in [4.69, 9.17) is 11.5 Å².